The lowest BCUT2D eigenvalue weighted by molar-refractivity contribution is 0.0999. The number of carbonyl (C=O) groups is 1. The predicted molar refractivity (Wildman–Crippen MR) is 44.7 cm³/mol. The van der Waals surface area contributed by atoms with E-state index in [1.54, 1.807) is 6.92 Å². The van der Waals surface area contributed by atoms with Crippen molar-refractivity contribution in [2.75, 3.05) is 0 Å². The van der Waals surface area contributed by atoms with Gasteiger partial charge in [0.2, 0.25) is 5.91 Å². The molecule has 0 saturated carbocycles. The molecule has 1 aromatic carbocycles. The zero-order valence-corrected chi connectivity index (χ0v) is 7.05. The molecule has 2 N–H and O–H groups in total. The molecule has 1 rings (SSSR count). The minimum Gasteiger partial charge on any atom is -0.366 e. The van der Waals surface area contributed by atoms with Crippen LogP contribution < -0.4 is 5.73 Å². The molecule has 0 radical (unpaired) electrons. The van der Waals surface area contributed by atoms with E-state index in [1.165, 1.54) is 18.2 Å². The van der Waals surface area contributed by atoms with Crippen LogP contribution in [-0.4, -0.2) is 5.91 Å². The van der Waals surface area contributed by atoms with Gasteiger partial charge in [0, 0.05) is 11.1 Å². The monoisotopic (exact) mass is 185 g/mol. The number of aryl methyl sites for hydroxylation is 1. The van der Waals surface area contributed by atoms with Crippen LogP contribution in [0.25, 0.3) is 0 Å². The third kappa shape index (κ3) is 2.02. The molecule has 0 heterocycles. The van der Waals surface area contributed by atoms with Gasteiger partial charge in [-0.2, -0.15) is 0 Å². The number of benzene rings is 1. The minimum absolute atomic E-state index is 0.0949. The minimum atomic E-state index is -2.51. The second-order valence-corrected chi connectivity index (χ2v) is 2.74. The number of rotatable bonds is 2. The van der Waals surface area contributed by atoms with Gasteiger partial charge in [0.15, 0.2) is 0 Å². The molecule has 0 unspecified atom stereocenters. The summed E-state index contributed by atoms with van der Waals surface area (Å²) in [7, 11) is 0. The van der Waals surface area contributed by atoms with E-state index in [2.05, 4.69) is 0 Å². The molecule has 0 aliphatic heterocycles. The summed E-state index contributed by atoms with van der Waals surface area (Å²) in [4.78, 5) is 10.7. The van der Waals surface area contributed by atoms with E-state index in [0.717, 1.165) is 0 Å². The number of hydrogen-bond acceptors (Lipinski definition) is 1. The van der Waals surface area contributed by atoms with Gasteiger partial charge in [-0.15, -0.1) is 0 Å². The molecule has 0 aromatic heterocycles. The molecule has 0 aliphatic carbocycles. The highest BCUT2D eigenvalue weighted by atomic mass is 19.3. The Hall–Kier alpha value is -1.45. The number of halogens is 2. The normalized spacial score (nSPS) is 10.5. The summed E-state index contributed by atoms with van der Waals surface area (Å²) in [5, 5.41) is 0. The zero-order chi connectivity index (χ0) is 10.0. The van der Waals surface area contributed by atoms with E-state index in [0.29, 0.717) is 5.56 Å². The summed E-state index contributed by atoms with van der Waals surface area (Å²) in [5.41, 5.74) is 5.68. The maximum atomic E-state index is 12.2. The van der Waals surface area contributed by atoms with E-state index in [1.807, 2.05) is 0 Å². The Kier molecular flexibility index (Phi) is 2.60. The Bertz CT molecular complexity index is 336. The smallest absolute Gasteiger partial charge is 0.263 e. The molecular formula is C9H9F2NO. The van der Waals surface area contributed by atoms with Crippen LogP contribution in [0.15, 0.2) is 18.2 Å². The van der Waals surface area contributed by atoms with Crippen LogP contribution in [0, 0.1) is 6.92 Å². The lowest BCUT2D eigenvalue weighted by Crippen LogP contribution is -2.12. The van der Waals surface area contributed by atoms with Crippen LogP contribution in [0.5, 0.6) is 0 Å². The first-order chi connectivity index (χ1) is 6.02. The van der Waals surface area contributed by atoms with Crippen LogP contribution in [0.4, 0.5) is 8.78 Å². The third-order valence-corrected chi connectivity index (χ3v) is 1.77. The number of amides is 1. The Labute approximate surface area is 74.4 Å². The lowest BCUT2D eigenvalue weighted by Gasteiger charge is -2.04. The van der Waals surface area contributed by atoms with Crippen LogP contribution in [-0.2, 0) is 0 Å². The molecule has 2 nitrogen and oxygen atoms in total. The highest BCUT2D eigenvalue weighted by Gasteiger charge is 2.10. The zero-order valence-electron chi connectivity index (χ0n) is 7.05. The quantitative estimate of drug-likeness (QED) is 0.752. The standard InChI is InChI=1S/C9H9F2NO/c1-5-4-6(8(10)11)2-3-7(5)9(12)13/h2-4,8H,1H3,(H2,12,13). The Balaban J connectivity index is 3.13. The average Bonchev–Trinajstić information content (AvgIpc) is 2.03. The fourth-order valence-corrected chi connectivity index (χ4v) is 1.10. The fourth-order valence-electron chi connectivity index (χ4n) is 1.10. The number of primary amides is 1. The predicted octanol–water partition coefficient (Wildman–Crippen LogP) is 2.03. The van der Waals surface area contributed by atoms with E-state index >= 15 is 0 Å². The molecule has 1 amide bonds. The first-order valence-electron chi connectivity index (χ1n) is 3.71. The largest absolute Gasteiger partial charge is 0.366 e. The van der Waals surface area contributed by atoms with Crippen molar-refractivity contribution in [2.45, 2.75) is 13.3 Å². The van der Waals surface area contributed by atoms with Gasteiger partial charge >= 0.3 is 0 Å². The average molecular weight is 185 g/mol. The molecule has 0 atom stereocenters. The van der Waals surface area contributed by atoms with Gasteiger partial charge in [-0.3, -0.25) is 4.79 Å². The molecule has 0 fully saturated rings. The van der Waals surface area contributed by atoms with Crippen molar-refractivity contribution in [3.05, 3.63) is 34.9 Å². The molecule has 13 heavy (non-hydrogen) atoms. The SMILES string of the molecule is Cc1cc(C(F)F)ccc1C(N)=O. The van der Waals surface area contributed by atoms with Crippen molar-refractivity contribution in [1.29, 1.82) is 0 Å². The molecule has 0 saturated heterocycles. The Morgan fingerprint density at radius 2 is 2.08 bits per heavy atom. The molecule has 1 aromatic rings. The van der Waals surface area contributed by atoms with E-state index in [9.17, 15) is 13.6 Å². The Morgan fingerprint density at radius 1 is 1.46 bits per heavy atom. The van der Waals surface area contributed by atoms with Crippen molar-refractivity contribution >= 4 is 5.91 Å². The first-order valence-corrected chi connectivity index (χ1v) is 3.71. The molecule has 0 aliphatic rings. The molecular weight excluding hydrogens is 176 g/mol. The van der Waals surface area contributed by atoms with Gasteiger partial charge < -0.3 is 5.73 Å². The number of alkyl halides is 2. The van der Waals surface area contributed by atoms with Crippen molar-refractivity contribution in [3.8, 4) is 0 Å². The maximum absolute atomic E-state index is 12.2. The fraction of sp³-hybridized carbons (Fsp3) is 0.222. The summed E-state index contributed by atoms with van der Waals surface area (Å²) in [6.07, 6.45) is -2.51. The van der Waals surface area contributed by atoms with Crippen molar-refractivity contribution in [2.24, 2.45) is 5.73 Å². The highest BCUT2D eigenvalue weighted by Crippen LogP contribution is 2.21. The number of nitrogens with two attached hydrogens (primary N) is 1. The summed E-state index contributed by atoms with van der Waals surface area (Å²) < 4.78 is 24.3. The van der Waals surface area contributed by atoms with E-state index < -0.39 is 12.3 Å². The molecule has 4 heteroatoms. The highest BCUT2D eigenvalue weighted by molar-refractivity contribution is 5.94. The Morgan fingerprint density at radius 3 is 2.46 bits per heavy atom. The van der Waals surface area contributed by atoms with Gasteiger partial charge in [-0.1, -0.05) is 6.07 Å². The molecule has 0 bridgehead atoms. The van der Waals surface area contributed by atoms with Crippen molar-refractivity contribution in [1.82, 2.24) is 0 Å². The second-order valence-electron chi connectivity index (χ2n) is 2.74. The van der Waals surface area contributed by atoms with E-state index in [-0.39, 0.29) is 11.1 Å². The molecule has 70 valence electrons. The number of carbonyl (C=O) groups excluding carboxylic acids is 1. The van der Waals surface area contributed by atoms with Gasteiger partial charge in [0.05, 0.1) is 0 Å². The summed E-state index contributed by atoms with van der Waals surface area (Å²) in [5.74, 6) is -0.599. The summed E-state index contributed by atoms with van der Waals surface area (Å²) in [6.45, 7) is 1.58. The first kappa shape index (κ1) is 9.64. The van der Waals surface area contributed by atoms with Crippen LogP contribution >= 0.6 is 0 Å². The summed E-state index contributed by atoms with van der Waals surface area (Å²) in [6, 6.07) is 3.79. The molecule has 0 spiro atoms. The van der Waals surface area contributed by atoms with Gasteiger partial charge in [0.25, 0.3) is 6.43 Å². The topological polar surface area (TPSA) is 43.1 Å². The van der Waals surface area contributed by atoms with Crippen molar-refractivity contribution in [3.63, 3.8) is 0 Å². The van der Waals surface area contributed by atoms with Crippen molar-refractivity contribution < 1.29 is 13.6 Å². The maximum Gasteiger partial charge on any atom is 0.263 e. The third-order valence-electron chi connectivity index (χ3n) is 1.77. The van der Waals surface area contributed by atoms with Gasteiger partial charge in [-0.05, 0) is 24.6 Å². The second kappa shape index (κ2) is 3.51. The number of hydrogen-bond donors (Lipinski definition) is 1. The van der Waals surface area contributed by atoms with Crippen LogP contribution in [0.1, 0.15) is 27.9 Å². The summed E-state index contributed by atoms with van der Waals surface area (Å²) >= 11 is 0. The van der Waals surface area contributed by atoms with E-state index in [4.69, 9.17) is 5.73 Å². The van der Waals surface area contributed by atoms with Crippen LogP contribution in [0.3, 0.4) is 0 Å². The van der Waals surface area contributed by atoms with Gasteiger partial charge in [0.1, 0.15) is 0 Å². The lowest BCUT2D eigenvalue weighted by atomic mass is 10.1. The van der Waals surface area contributed by atoms with Gasteiger partial charge in [-0.25, -0.2) is 8.78 Å². The van der Waals surface area contributed by atoms with Crippen LogP contribution in [0.2, 0.25) is 0 Å².